The summed E-state index contributed by atoms with van der Waals surface area (Å²) in [5.41, 5.74) is 2.74. The van der Waals surface area contributed by atoms with E-state index >= 15 is 0 Å². The molecule has 39 heavy (non-hydrogen) atoms. The molecule has 3 atom stereocenters. The molecular weight excluding hydrogens is 490 g/mol. The van der Waals surface area contributed by atoms with Crippen molar-refractivity contribution in [1.82, 2.24) is 34.6 Å². The molecule has 205 valence electrons. The third-order valence-electron chi connectivity index (χ3n) is 8.54. The van der Waals surface area contributed by atoms with Crippen LogP contribution in [0.4, 0.5) is 0 Å². The number of benzene rings is 1. The number of aromatic nitrogens is 4. The van der Waals surface area contributed by atoms with Crippen LogP contribution in [-0.2, 0) is 9.59 Å². The molecule has 3 aliphatic rings. The number of H-pyrrole nitrogens is 2. The third kappa shape index (κ3) is 5.12. The molecule has 5 heterocycles. The molecule has 9 nitrogen and oxygen atoms in total. The van der Waals surface area contributed by atoms with Crippen LogP contribution in [0.2, 0.25) is 0 Å². The monoisotopic (exact) mass is 528 g/mol. The Labute approximate surface area is 230 Å². The van der Waals surface area contributed by atoms with Crippen molar-refractivity contribution in [2.75, 3.05) is 26.2 Å². The second-order valence-electron chi connectivity index (χ2n) is 11.0. The highest BCUT2D eigenvalue weighted by atomic mass is 16.2. The van der Waals surface area contributed by atoms with Gasteiger partial charge in [-0.1, -0.05) is 36.8 Å². The van der Waals surface area contributed by atoms with E-state index in [0.717, 1.165) is 93.3 Å². The van der Waals surface area contributed by atoms with Gasteiger partial charge in [0.05, 0.1) is 35.9 Å². The Morgan fingerprint density at radius 3 is 2.03 bits per heavy atom. The van der Waals surface area contributed by atoms with Crippen LogP contribution >= 0.6 is 0 Å². The number of rotatable bonds is 7. The van der Waals surface area contributed by atoms with E-state index in [2.05, 4.69) is 38.9 Å². The summed E-state index contributed by atoms with van der Waals surface area (Å²) in [6, 6.07) is 9.85. The highest BCUT2D eigenvalue weighted by Gasteiger charge is 2.39. The predicted octanol–water partition coefficient (Wildman–Crippen LogP) is 4.58. The van der Waals surface area contributed by atoms with Gasteiger partial charge in [-0.2, -0.15) is 0 Å². The normalized spacial score (nSPS) is 22.9. The maximum atomic E-state index is 14.2. The van der Waals surface area contributed by atoms with E-state index in [9.17, 15) is 9.59 Å². The van der Waals surface area contributed by atoms with Crippen LogP contribution in [0.1, 0.15) is 86.7 Å². The van der Waals surface area contributed by atoms with E-state index in [4.69, 9.17) is 4.98 Å². The number of carbonyl (C=O) groups excluding carboxylic acids is 2. The Morgan fingerprint density at radius 1 is 0.821 bits per heavy atom. The summed E-state index contributed by atoms with van der Waals surface area (Å²) >= 11 is 0. The zero-order valence-corrected chi connectivity index (χ0v) is 22.5. The van der Waals surface area contributed by atoms with E-state index < -0.39 is 0 Å². The first-order chi connectivity index (χ1) is 19.1. The van der Waals surface area contributed by atoms with Crippen LogP contribution in [0, 0.1) is 6.92 Å². The quantitative estimate of drug-likeness (QED) is 0.468. The Balaban J connectivity index is 1.21. The predicted molar refractivity (Wildman–Crippen MR) is 148 cm³/mol. The summed E-state index contributed by atoms with van der Waals surface area (Å²) in [4.78, 5) is 49.0. The van der Waals surface area contributed by atoms with E-state index in [1.165, 1.54) is 6.42 Å². The van der Waals surface area contributed by atoms with Crippen molar-refractivity contribution in [3.63, 3.8) is 0 Å². The smallest absolute Gasteiger partial charge is 0.245 e. The minimum Gasteiger partial charge on any atom is -0.339 e. The standard InChI is InChI=1S/C30H38N7O2/c1-2-26(38)36-17-9-13-24(36)28-31-19-22(33-28)23-20-32-29(34-23)25-14-10-18-37(25)30(39)27(21-11-5-3-6-12-21)35-15-7-4-8-16-35/h3,5-6,11-12,19-20,24-25,27H,1-2,4,7-10,13-18H2,(H,31,33)(H,32,34)/t24-,25-,27+/m0/s1. The van der Waals surface area contributed by atoms with Crippen LogP contribution in [0.25, 0.3) is 11.4 Å². The summed E-state index contributed by atoms with van der Waals surface area (Å²) in [7, 11) is 0. The minimum atomic E-state index is -0.257. The Kier molecular flexibility index (Phi) is 7.50. The number of imidazole rings is 2. The maximum absolute atomic E-state index is 14.2. The van der Waals surface area contributed by atoms with Gasteiger partial charge in [0, 0.05) is 19.5 Å². The molecule has 0 aliphatic carbocycles. The Hall–Kier alpha value is -3.46. The molecule has 1 aromatic carbocycles. The molecule has 0 bridgehead atoms. The largest absolute Gasteiger partial charge is 0.339 e. The van der Waals surface area contributed by atoms with Gasteiger partial charge in [-0.25, -0.2) is 9.97 Å². The van der Waals surface area contributed by atoms with Gasteiger partial charge < -0.3 is 19.8 Å². The van der Waals surface area contributed by atoms with Crippen molar-refractivity contribution in [1.29, 1.82) is 0 Å². The Morgan fingerprint density at radius 2 is 1.41 bits per heavy atom. The number of piperidine rings is 1. The molecule has 2 aromatic heterocycles. The van der Waals surface area contributed by atoms with Crippen molar-refractivity contribution >= 4 is 11.8 Å². The number of likely N-dealkylation sites (tertiary alicyclic amines) is 3. The van der Waals surface area contributed by atoms with Crippen molar-refractivity contribution in [2.45, 2.75) is 69.5 Å². The van der Waals surface area contributed by atoms with Crippen LogP contribution in [0.15, 0.2) is 42.7 Å². The first kappa shape index (κ1) is 25.8. The Bertz CT molecular complexity index is 1280. The van der Waals surface area contributed by atoms with Crippen molar-refractivity contribution < 1.29 is 9.59 Å². The fourth-order valence-corrected chi connectivity index (χ4v) is 6.57. The van der Waals surface area contributed by atoms with E-state index in [0.29, 0.717) is 0 Å². The summed E-state index contributed by atoms with van der Waals surface area (Å²) in [5, 5.41) is 0. The molecule has 0 unspecified atom stereocenters. The second-order valence-corrected chi connectivity index (χ2v) is 11.0. The molecule has 0 saturated carbocycles. The average Bonchev–Trinajstić information content (AvgIpc) is 3.79. The SMILES string of the molecule is [CH2]CC(=O)N1CCC[C@H]1c1ncc(-c2cnc([C@@H]3CCCN3C(=O)[C@@H](c3ccccc3)N3CCCCC3)[nH]2)[nH]1. The number of nitrogens with one attached hydrogen (secondary N) is 2. The summed E-state index contributed by atoms with van der Waals surface area (Å²) in [6.07, 6.45) is 11.1. The number of hydrogen-bond donors (Lipinski definition) is 2. The average molecular weight is 529 g/mol. The lowest BCUT2D eigenvalue weighted by Gasteiger charge is -2.37. The number of nitrogens with zero attached hydrogens (tertiary/aromatic N) is 5. The third-order valence-corrected chi connectivity index (χ3v) is 8.54. The molecule has 2 amide bonds. The number of carbonyl (C=O) groups is 2. The molecule has 2 N–H and O–H groups in total. The van der Waals surface area contributed by atoms with Gasteiger partial charge in [0.15, 0.2) is 0 Å². The molecule has 3 saturated heterocycles. The van der Waals surface area contributed by atoms with Gasteiger partial charge in [0.1, 0.15) is 17.7 Å². The van der Waals surface area contributed by atoms with Gasteiger partial charge in [0.25, 0.3) is 0 Å². The van der Waals surface area contributed by atoms with Crippen LogP contribution < -0.4 is 0 Å². The van der Waals surface area contributed by atoms with E-state index in [1.807, 2.05) is 34.2 Å². The minimum absolute atomic E-state index is 0.0388. The van der Waals surface area contributed by atoms with Crippen LogP contribution in [0.3, 0.4) is 0 Å². The molecule has 9 heteroatoms. The molecule has 3 aliphatic heterocycles. The van der Waals surface area contributed by atoms with Gasteiger partial charge in [0.2, 0.25) is 11.8 Å². The number of aromatic amines is 2. The molecule has 1 radical (unpaired) electrons. The topological polar surface area (TPSA) is 101 Å². The zero-order valence-electron chi connectivity index (χ0n) is 22.5. The lowest BCUT2D eigenvalue weighted by molar-refractivity contribution is -0.139. The zero-order chi connectivity index (χ0) is 26.8. The lowest BCUT2D eigenvalue weighted by Crippen LogP contribution is -2.44. The fraction of sp³-hybridized carbons (Fsp3) is 0.500. The highest BCUT2D eigenvalue weighted by molar-refractivity contribution is 5.84. The van der Waals surface area contributed by atoms with Crippen molar-refractivity contribution in [2.24, 2.45) is 0 Å². The summed E-state index contributed by atoms with van der Waals surface area (Å²) in [5.74, 6) is 1.84. The molecular formula is C30H38N7O2. The second kappa shape index (κ2) is 11.3. The van der Waals surface area contributed by atoms with Gasteiger partial charge in [-0.3, -0.25) is 14.5 Å². The number of hydrogen-bond acceptors (Lipinski definition) is 5. The first-order valence-electron chi connectivity index (χ1n) is 14.4. The maximum Gasteiger partial charge on any atom is 0.245 e. The van der Waals surface area contributed by atoms with Gasteiger partial charge in [-0.15, -0.1) is 0 Å². The fourth-order valence-electron chi connectivity index (χ4n) is 6.57. The van der Waals surface area contributed by atoms with Gasteiger partial charge >= 0.3 is 0 Å². The highest BCUT2D eigenvalue weighted by Crippen LogP contribution is 2.37. The summed E-state index contributed by atoms with van der Waals surface area (Å²) in [6.45, 7) is 7.15. The lowest BCUT2D eigenvalue weighted by atomic mass is 10.00. The van der Waals surface area contributed by atoms with Crippen molar-refractivity contribution in [3.8, 4) is 11.4 Å². The van der Waals surface area contributed by atoms with Crippen LogP contribution in [-0.4, -0.2) is 72.6 Å². The number of amides is 2. The molecule has 3 aromatic rings. The molecule has 0 spiro atoms. The van der Waals surface area contributed by atoms with Gasteiger partial charge in [-0.05, 0) is 64.1 Å². The van der Waals surface area contributed by atoms with Crippen LogP contribution in [0.5, 0.6) is 0 Å². The molecule has 6 rings (SSSR count). The summed E-state index contributed by atoms with van der Waals surface area (Å²) < 4.78 is 0. The van der Waals surface area contributed by atoms with E-state index in [-0.39, 0.29) is 36.4 Å². The first-order valence-corrected chi connectivity index (χ1v) is 14.4. The molecule has 3 fully saturated rings. The van der Waals surface area contributed by atoms with E-state index in [1.54, 1.807) is 6.20 Å². The van der Waals surface area contributed by atoms with Crippen molar-refractivity contribution in [3.05, 3.63) is 66.9 Å².